The first kappa shape index (κ1) is 8.59. The van der Waals surface area contributed by atoms with Gasteiger partial charge in [0.2, 0.25) is 0 Å². The molecule has 3 heteroatoms. The van der Waals surface area contributed by atoms with Crippen LogP contribution in [0, 0.1) is 5.92 Å². The van der Waals surface area contributed by atoms with Crippen LogP contribution in [0.4, 0.5) is 0 Å². The van der Waals surface area contributed by atoms with Gasteiger partial charge in [-0.25, -0.2) is 0 Å². The van der Waals surface area contributed by atoms with Gasteiger partial charge in [0.05, 0.1) is 6.54 Å². The predicted molar refractivity (Wildman–Crippen MR) is 34.9 cm³/mol. The fourth-order valence-electron chi connectivity index (χ4n) is 0.493. The molecule has 0 aliphatic carbocycles. The van der Waals surface area contributed by atoms with E-state index in [4.69, 9.17) is 10.8 Å². The number of carbonyl (C=O) groups excluding carboxylic acids is 1. The zero-order valence-electron chi connectivity index (χ0n) is 5.79. The molecule has 0 radical (unpaired) electrons. The fraction of sp³-hybridized carbons (Fsp3) is 0.833. The van der Waals surface area contributed by atoms with Gasteiger partial charge < -0.3 is 10.8 Å². The highest BCUT2D eigenvalue weighted by Crippen LogP contribution is 2.00. The Bertz CT molecular complexity index is 101. The first-order chi connectivity index (χ1) is 4.09. The van der Waals surface area contributed by atoms with Crippen LogP contribution in [0.15, 0.2) is 0 Å². The zero-order chi connectivity index (χ0) is 7.44. The summed E-state index contributed by atoms with van der Waals surface area (Å²) in [6.45, 7) is 3.48. The second-order valence-electron chi connectivity index (χ2n) is 2.36. The van der Waals surface area contributed by atoms with Crippen molar-refractivity contribution in [3.05, 3.63) is 0 Å². The normalized spacial score (nSPS) is 13.9. The van der Waals surface area contributed by atoms with E-state index >= 15 is 0 Å². The topological polar surface area (TPSA) is 63.3 Å². The molecule has 0 unspecified atom stereocenters. The van der Waals surface area contributed by atoms with Crippen molar-refractivity contribution in [2.75, 3.05) is 6.54 Å². The summed E-state index contributed by atoms with van der Waals surface area (Å²) in [5.41, 5.74) is 5.00. The van der Waals surface area contributed by atoms with E-state index in [1.807, 2.05) is 0 Å². The summed E-state index contributed by atoms with van der Waals surface area (Å²) in [5.74, 6) is -0.314. The summed E-state index contributed by atoms with van der Waals surface area (Å²) < 4.78 is 0. The van der Waals surface area contributed by atoms with Crippen molar-refractivity contribution in [2.24, 2.45) is 11.7 Å². The van der Waals surface area contributed by atoms with Crippen LogP contribution in [-0.2, 0) is 4.79 Å². The molecule has 0 aromatic heterocycles. The van der Waals surface area contributed by atoms with Gasteiger partial charge in [-0.15, -0.1) is 0 Å². The summed E-state index contributed by atoms with van der Waals surface area (Å²) in [6.07, 6.45) is -0.880. The molecule has 54 valence electrons. The Balaban J connectivity index is 3.72. The number of aliphatic hydroxyl groups excluding tert-OH is 1. The zero-order valence-corrected chi connectivity index (χ0v) is 5.79. The summed E-state index contributed by atoms with van der Waals surface area (Å²) in [4.78, 5) is 10.6. The molecular formula is C6H13NO2. The third kappa shape index (κ3) is 2.58. The average molecular weight is 131 g/mol. The molecule has 0 aliphatic heterocycles. The number of carbonyl (C=O) groups is 1. The van der Waals surface area contributed by atoms with Gasteiger partial charge in [-0.05, 0) is 5.92 Å². The Labute approximate surface area is 54.9 Å². The molecule has 3 nitrogen and oxygen atoms in total. The first-order valence-corrected chi connectivity index (χ1v) is 3.00. The van der Waals surface area contributed by atoms with Crippen LogP contribution in [0.1, 0.15) is 13.8 Å². The third-order valence-corrected chi connectivity index (χ3v) is 1.16. The van der Waals surface area contributed by atoms with Gasteiger partial charge in [-0.1, -0.05) is 13.8 Å². The predicted octanol–water partition coefficient (Wildman–Crippen LogP) is -0.469. The van der Waals surface area contributed by atoms with E-state index in [1.54, 1.807) is 13.8 Å². The highest BCUT2D eigenvalue weighted by molar-refractivity contribution is 5.84. The Hall–Kier alpha value is -0.410. The molecule has 0 aliphatic rings. The van der Waals surface area contributed by atoms with Crippen molar-refractivity contribution < 1.29 is 9.90 Å². The van der Waals surface area contributed by atoms with E-state index in [2.05, 4.69) is 0 Å². The standard InChI is InChI=1S/C6H13NO2/c1-4(2)6(9)5(8)3-7/h4,6,9H,3,7H2,1-2H3/t6-/m0/s1. The quantitative estimate of drug-likeness (QED) is 0.544. The van der Waals surface area contributed by atoms with E-state index in [0.29, 0.717) is 0 Å². The maximum Gasteiger partial charge on any atom is 0.174 e. The molecule has 0 spiro atoms. The number of hydrogen-bond acceptors (Lipinski definition) is 3. The lowest BCUT2D eigenvalue weighted by molar-refractivity contribution is -0.127. The van der Waals surface area contributed by atoms with Crippen molar-refractivity contribution >= 4 is 5.78 Å². The van der Waals surface area contributed by atoms with Gasteiger partial charge in [0.1, 0.15) is 6.10 Å². The van der Waals surface area contributed by atoms with Crippen LogP contribution in [0.25, 0.3) is 0 Å². The van der Waals surface area contributed by atoms with Crippen molar-refractivity contribution in [1.29, 1.82) is 0 Å². The average Bonchev–Trinajstić information content (AvgIpc) is 1.84. The van der Waals surface area contributed by atoms with Crippen molar-refractivity contribution in [1.82, 2.24) is 0 Å². The molecule has 9 heavy (non-hydrogen) atoms. The molecule has 3 N–H and O–H groups in total. The highest BCUT2D eigenvalue weighted by atomic mass is 16.3. The number of rotatable bonds is 3. The minimum atomic E-state index is -0.880. The summed E-state index contributed by atoms with van der Waals surface area (Å²) in [5, 5.41) is 8.97. The molecule has 0 aromatic rings. The number of ketones is 1. The third-order valence-electron chi connectivity index (χ3n) is 1.16. The van der Waals surface area contributed by atoms with Crippen LogP contribution in [-0.4, -0.2) is 23.5 Å². The fourth-order valence-corrected chi connectivity index (χ4v) is 0.493. The van der Waals surface area contributed by atoms with Crippen LogP contribution in [0.5, 0.6) is 0 Å². The number of aliphatic hydroxyl groups is 1. The van der Waals surface area contributed by atoms with E-state index in [0.717, 1.165) is 0 Å². The van der Waals surface area contributed by atoms with Gasteiger partial charge >= 0.3 is 0 Å². The van der Waals surface area contributed by atoms with Crippen molar-refractivity contribution in [2.45, 2.75) is 20.0 Å². The maximum atomic E-state index is 10.6. The van der Waals surface area contributed by atoms with Gasteiger partial charge in [-0.2, -0.15) is 0 Å². The van der Waals surface area contributed by atoms with Gasteiger partial charge in [0.25, 0.3) is 0 Å². The monoisotopic (exact) mass is 131 g/mol. The smallest absolute Gasteiger partial charge is 0.174 e. The second-order valence-corrected chi connectivity index (χ2v) is 2.36. The Morgan fingerprint density at radius 3 is 2.22 bits per heavy atom. The van der Waals surface area contributed by atoms with Crippen LogP contribution in [0.3, 0.4) is 0 Å². The van der Waals surface area contributed by atoms with Gasteiger partial charge in [-0.3, -0.25) is 4.79 Å². The van der Waals surface area contributed by atoms with Gasteiger partial charge in [0, 0.05) is 0 Å². The summed E-state index contributed by atoms with van der Waals surface area (Å²) >= 11 is 0. The molecule has 0 rings (SSSR count). The lowest BCUT2D eigenvalue weighted by atomic mass is 10.0. The lowest BCUT2D eigenvalue weighted by Crippen LogP contribution is -2.31. The highest BCUT2D eigenvalue weighted by Gasteiger charge is 2.15. The Morgan fingerprint density at radius 1 is 1.67 bits per heavy atom. The minimum Gasteiger partial charge on any atom is -0.385 e. The van der Waals surface area contributed by atoms with Crippen LogP contribution in [0.2, 0.25) is 0 Å². The number of nitrogens with two attached hydrogens (primary N) is 1. The minimum absolute atomic E-state index is 0.0268. The SMILES string of the molecule is CC(C)[C@H](O)C(=O)CN. The molecule has 0 aromatic carbocycles. The van der Waals surface area contributed by atoms with E-state index in [-0.39, 0.29) is 18.2 Å². The molecule has 0 amide bonds. The van der Waals surface area contributed by atoms with Gasteiger partial charge in [0.15, 0.2) is 5.78 Å². The first-order valence-electron chi connectivity index (χ1n) is 3.00. The molecule has 0 fully saturated rings. The maximum absolute atomic E-state index is 10.6. The molecule has 0 saturated carbocycles. The molecule has 0 saturated heterocycles. The largest absolute Gasteiger partial charge is 0.385 e. The molecule has 0 heterocycles. The Morgan fingerprint density at radius 2 is 2.11 bits per heavy atom. The van der Waals surface area contributed by atoms with E-state index < -0.39 is 6.10 Å². The number of Topliss-reactive ketones (excluding diaryl/α,β-unsaturated/α-hetero) is 1. The van der Waals surface area contributed by atoms with Crippen LogP contribution >= 0.6 is 0 Å². The van der Waals surface area contributed by atoms with Crippen molar-refractivity contribution in [3.63, 3.8) is 0 Å². The summed E-state index contributed by atoms with van der Waals surface area (Å²) in [6, 6.07) is 0. The molecule has 1 atom stereocenters. The van der Waals surface area contributed by atoms with Crippen molar-refractivity contribution in [3.8, 4) is 0 Å². The van der Waals surface area contributed by atoms with E-state index in [1.165, 1.54) is 0 Å². The molecular weight excluding hydrogens is 118 g/mol. The second kappa shape index (κ2) is 3.58. The Kier molecular flexibility index (Phi) is 3.42. The lowest BCUT2D eigenvalue weighted by Gasteiger charge is -2.10. The van der Waals surface area contributed by atoms with Crippen LogP contribution < -0.4 is 5.73 Å². The summed E-state index contributed by atoms with van der Waals surface area (Å²) in [7, 11) is 0. The number of hydrogen-bond donors (Lipinski definition) is 2. The van der Waals surface area contributed by atoms with E-state index in [9.17, 15) is 4.79 Å². The molecule has 0 bridgehead atoms.